The molecule has 1 aromatic heterocycles. The van der Waals surface area contributed by atoms with Crippen molar-refractivity contribution in [2.45, 2.75) is 26.2 Å². The number of aromatic nitrogens is 3. The van der Waals surface area contributed by atoms with Crippen LogP contribution in [0.4, 0.5) is 4.79 Å². The Morgan fingerprint density at radius 3 is 2.37 bits per heavy atom. The lowest BCUT2D eigenvalue weighted by Gasteiger charge is -2.37. The molecule has 1 N–H and O–H groups in total. The van der Waals surface area contributed by atoms with Crippen LogP contribution in [-0.4, -0.2) is 39.3 Å². The first-order valence-electron chi connectivity index (χ1n) is 9.55. The lowest BCUT2D eigenvalue weighted by molar-refractivity contribution is -0.0771. The van der Waals surface area contributed by atoms with Crippen LogP contribution in [0.3, 0.4) is 0 Å². The average molecular weight is 473 g/mol. The maximum atomic E-state index is 12.1. The van der Waals surface area contributed by atoms with Gasteiger partial charge in [-0.1, -0.05) is 72.2 Å². The monoisotopic (exact) mass is 472 g/mol. The van der Waals surface area contributed by atoms with E-state index < -0.39 is 23.8 Å². The summed E-state index contributed by atoms with van der Waals surface area (Å²) in [5.74, 6) is 0.631. The predicted octanol–water partition coefficient (Wildman–Crippen LogP) is 4.67. The molecule has 0 bridgehead atoms. The van der Waals surface area contributed by atoms with Gasteiger partial charge in [-0.2, -0.15) is 5.10 Å². The van der Waals surface area contributed by atoms with E-state index in [1.165, 1.54) is 13.4 Å². The van der Waals surface area contributed by atoms with Gasteiger partial charge in [-0.3, -0.25) is 0 Å². The van der Waals surface area contributed by atoms with Gasteiger partial charge in [-0.15, -0.1) is 0 Å². The molecule has 1 heterocycles. The lowest BCUT2D eigenvalue weighted by Crippen LogP contribution is -2.46. The summed E-state index contributed by atoms with van der Waals surface area (Å²) >= 11 is 3.52. The number of alkyl carbamates (subject to hydrolysis) is 1. The quantitative estimate of drug-likeness (QED) is 0.482. The third-order valence-electron chi connectivity index (χ3n) is 4.73. The Hall–Kier alpha value is -2.87. The van der Waals surface area contributed by atoms with Crippen LogP contribution in [0.15, 0.2) is 67.3 Å². The molecule has 2 aromatic carbocycles. The molecule has 1 amide bonds. The predicted molar refractivity (Wildman–Crippen MR) is 118 cm³/mol. The number of hydrogen-bond donors (Lipinski definition) is 1. The van der Waals surface area contributed by atoms with Crippen LogP contribution < -0.4 is 10.1 Å². The summed E-state index contributed by atoms with van der Waals surface area (Å²) in [6.45, 7) is 3.97. The van der Waals surface area contributed by atoms with Crippen LogP contribution in [0.1, 0.15) is 20.1 Å². The van der Waals surface area contributed by atoms with Gasteiger partial charge in [0.25, 0.3) is 0 Å². The average Bonchev–Trinajstić information content (AvgIpc) is 3.31. The fourth-order valence-corrected chi connectivity index (χ4v) is 3.27. The molecule has 2 atom stereocenters. The molecule has 2 unspecified atom stereocenters. The van der Waals surface area contributed by atoms with Crippen LogP contribution in [0.5, 0.6) is 5.75 Å². The first-order valence-corrected chi connectivity index (χ1v) is 10.7. The van der Waals surface area contributed by atoms with Gasteiger partial charge in [0.2, 0.25) is 6.23 Å². The summed E-state index contributed by atoms with van der Waals surface area (Å²) in [5.41, 5.74) is 1.75. The number of halogens is 1. The zero-order valence-corrected chi connectivity index (χ0v) is 18.7. The van der Waals surface area contributed by atoms with Crippen molar-refractivity contribution in [3.8, 4) is 16.9 Å². The summed E-state index contributed by atoms with van der Waals surface area (Å²) in [6.07, 6.45) is 1.08. The SMILES string of the molecule is CNC(=O)OC(C(Oc1ccc(-c2ccccc2)cc1)n1cncn1)C(C)(C)CBr. The third kappa shape index (κ3) is 5.18. The summed E-state index contributed by atoms with van der Waals surface area (Å²) in [7, 11) is 1.52. The smallest absolute Gasteiger partial charge is 0.407 e. The minimum atomic E-state index is -0.708. The van der Waals surface area contributed by atoms with E-state index in [2.05, 4.69) is 43.5 Å². The molecule has 0 aliphatic rings. The zero-order chi connectivity index (χ0) is 21.6. The number of hydrogen-bond acceptors (Lipinski definition) is 5. The van der Waals surface area contributed by atoms with E-state index in [0.717, 1.165) is 11.1 Å². The van der Waals surface area contributed by atoms with Gasteiger partial charge in [0.1, 0.15) is 18.4 Å². The molecule has 0 aliphatic heterocycles. The molecule has 0 spiro atoms. The zero-order valence-electron chi connectivity index (χ0n) is 17.2. The second kappa shape index (κ2) is 9.75. The molecular formula is C22H25BrN4O3. The summed E-state index contributed by atoms with van der Waals surface area (Å²) in [5, 5.41) is 7.32. The highest BCUT2D eigenvalue weighted by atomic mass is 79.9. The van der Waals surface area contributed by atoms with Crippen molar-refractivity contribution in [3.05, 3.63) is 67.3 Å². The molecule has 30 heavy (non-hydrogen) atoms. The van der Waals surface area contributed by atoms with Crippen molar-refractivity contribution in [1.82, 2.24) is 20.1 Å². The Kier molecular flexibility index (Phi) is 7.10. The van der Waals surface area contributed by atoms with Crippen LogP contribution in [0, 0.1) is 5.41 Å². The third-order valence-corrected chi connectivity index (χ3v) is 6.17. The molecule has 158 valence electrons. The Labute approximate surface area is 184 Å². The molecule has 3 rings (SSSR count). The second-order valence-corrected chi connectivity index (χ2v) is 8.03. The number of benzene rings is 2. The fraction of sp³-hybridized carbons (Fsp3) is 0.318. The Morgan fingerprint density at radius 1 is 1.13 bits per heavy atom. The summed E-state index contributed by atoms with van der Waals surface area (Å²) in [6, 6.07) is 17.9. The van der Waals surface area contributed by atoms with Gasteiger partial charge in [0.05, 0.1) is 0 Å². The minimum absolute atomic E-state index is 0.451. The van der Waals surface area contributed by atoms with Crippen molar-refractivity contribution in [3.63, 3.8) is 0 Å². The van der Waals surface area contributed by atoms with E-state index in [-0.39, 0.29) is 0 Å². The summed E-state index contributed by atoms with van der Waals surface area (Å²) < 4.78 is 13.6. The Bertz CT molecular complexity index is 931. The number of nitrogens with one attached hydrogen (secondary N) is 1. The number of ether oxygens (including phenoxy) is 2. The van der Waals surface area contributed by atoms with Gasteiger partial charge in [-0.05, 0) is 23.3 Å². The van der Waals surface area contributed by atoms with Crippen LogP contribution >= 0.6 is 15.9 Å². The topological polar surface area (TPSA) is 78.3 Å². The Morgan fingerprint density at radius 2 is 1.80 bits per heavy atom. The van der Waals surface area contributed by atoms with Crippen molar-refractivity contribution < 1.29 is 14.3 Å². The first kappa shape index (κ1) is 21.8. The minimum Gasteiger partial charge on any atom is -0.465 e. The number of carbonyl (C=O) groups excluding carboxylic acids is 1. The number of carbonyl (C=O) groups is 1. The highest BCUT2D eigenvalue weighted by Gasteiger charge is 2.41. The van der Waals surface area contributed by atoms with Crippen LogP contribution in [0.2, 0.25) is 0 Å². The van der Waals surface area contributed by atoms with Crippen LogP contribution in [0.25, 0.3) is 11.1 Å². The van der Waals surface area contributed by atoms with E-state index in [0.29, 0.717) is 11.1 Å². The van der Waals surface area contributed by atoms with Crippen molar-refractivity contribution in [2.75, 3.05) is 12.4 Å². The second-order valence-electron chi connectivity index (χ2n) is 7.47. The first-order chi connectivity index (χ1) is 14.4. The molecule has 8 heteroatoms. The molecule has 7 nitrogen and oxygen atoms in total. The number of alkyl halides is 1. The van der Waals surface area contributed by atoms with E-state index in [4.69, 9.17) is 9.47 Å². The maximum Gasteiger partial charge on any atom is 0.407 e. The van der Waals surface area contributed by atoms with Gasteiger partial charge in [-0.25, -0.2) is 14.5 Å². The maximum absolute atomic E-state index is 12.1. The van der Waals surface area contributed by atoms with Crippen molar-refractivity contribution in [1.29, 1.82) is 0 Å². The molecular weight excluding hydrogens is 448 g/mol. The Balaban J connectivity index is 1.91. The largest absolute Gasteiger partial charge is 0.465 e. The van der Waals surface area contributed by atoms with Gasteiger partial charge >= 0.3 is 6.09 Å². The van der Waals surface area contributed by atoms with Crippen molar-refractivity contribution in [2.24, 2.45) is 5.41 Å². The van der Waals surface area contributed by atoms with Crippen molar-refractivity contribution >= 4 is 22.0 Å². The molecule has 0 saturated heterocycles. The molecule has 0 radical (unpaired) electrons. The summed E-state index contributed by atoms with van der Waals surface area (Å²) in [4.78, 5) is 16.1. The van der Waals surface area contributed by atoms with Crippen LogP contribution in [-0.2, 0) is 4.74 Å². The van der Waals surface area contributed by atoms with Gasteiger partial charge < -0.3 is 14.8 Å². The number of rotatable bonds is 8. The molecule has 3 aromatic rings. The van der Waals surface area contributed by atoms with Gasteiger partial charge in [0.15, 0.2) is 6.10 Å². The standard InChI is InChI=1S/C22H25BrN4O3/c1-22(2,13-23)19(30-21(28)24-3)20(27-15-25-14-26-27)29-18-11-9-17(10-12-18)16-7-5-4-6-8-16/h4-12,14-15,19-20H,13H2,1-3H3,(H,24,28). The highest BCUT2D eigenvalue weighted by Crippen LogP contribution is 2.35. The van der Waals surface area contributed by atoms with E-state index >= 15 is 0 Å². The molecule has 0 fully saturated rings. The number of amides is 1. The lowest BCUT2D eigenvalue weighted by atomic mass is 9.87. The van der Waals surface area contributed by atoms with Gasteiger partial charge in [0, 0.05) is 17.8 Å². The van der Waals surface area contributed by atoms with E-state index in [9.17, 15) is 4.79 Å². The molecule has 0 aliphatic carbocycles. The normalized spacial score (nSPS) is 13.3. The highest BCUT2D eigenvalue weighted by molar-refractivity contribution is 9.09. The van der Waals surface area contributed by atoms with E-state index in [1.54, 1.807) is 11.0 Å². The molecule has 0 saturated carbocycles. The van der Waals surface area contributed by atoms with E-state index in [1.807, 2.05) is 56.3 Å². The number of nitrogens with zero attached hydrogens (tertiary/aromatic N) is 3. The fourth-order valence-electron chi connectivity index (χ4n) is 2.95.